The summed E-state index contributed by atoms with van der Waals surface area (Å²) < 4.78 is 1.62. The van der Waals surface area contributed by atoms with Crippen LogP contribution in [-0.4, -0.2) is 31.7 Å². The zero-order valence-corrected chi connectivity index (χ0v) is 11.3. The lowest BCUT2D eigenvalue weighted by Gasteiger charge is -2.06. The third-order valence-electron chi connectivity index (χ3n) is 2.98. The Morgan fingerprint density at radius 2 is 2.00 bits per heavy atom. The number of aromatic carboxylic acids is 1. The summed E-state index contributed by atoms with van der Waals surface area (Å²) in [5.74, 6) is -1.43. The van der Waals surface area contributed by atoms with Crippen molar-refractivity contribution in [1.29, 1.82) is 0 Å². The van der Waals surface area contributed by atoms with Gasteiger partial charge in [-0.1, -0.05) is 0 Å². The van der Waals surface area contributed by atoms with E-state index in [9.17, 15) is 9.59 Å². The third kappa shape index (κ3) is 2.51. The molecule has 0 saturated carbocycles. The first-order valence-electron chi connectivity index (χ1n) is 5.90. The maximum absolute atomic E-state index is 12.2. The van der Waals surface area contributed by atoms with E-state index in [1.54, 1.807) is 25.6 Å². The standard InChI is InChI=1S/C13H14N4O3/c1-7-11(8(2)17(3)16-7)12(18)15-10-4-9(13(19)20)5-14-6-10/h4-6H,1-3H3,(H,15,18)(H,19,20). The molecule has 0 aliphatic heterocycles. The predicted molar refractivity (Wildman–Crippen MR) is 71.8 cm³/mol. The van der Waals surface area contributed by atoms with Crippen LogP contribution in [0.2, 0.25) is 0 Å². The quantitative estimate of drug-likeness (QED) is 0.881. The Morgan fingerprint density at radius 1 is 1.30 bits per heavy atom. The first-order valence-corrected chi connectivity index (χ1v) is 5.90. The van der Waals surface area contributed by atoms with E-state index < -0.39 is 5.97 Å². The van der Waals surface area contributed by atoms with Gasteiger partial charge in [0.05, 0.1) is 28.7 Å². The van der Waals surface area contributed by atoms with Gasteiger partial charge in [-0.25, -0.2) is 4.79 Å². The lowest BCUT2D eigenvalue weighted by molar-refractivity contribution is 0.0696. The zero-order chi connectivity index (χ0) is 14.9. The number of anilines is 1. The SMILES string of the molecule is Cc1nn(C)c(C)c1C(=O)Nc1cncc(C(=O)O)c1. The highest BCUT2D eigenvalue weighted by Crippen LogP contribution is 2.15. The molecule has 104 valence electrons. The summed E-state index contributed by atoms with van der Waals surface area (Å²) in [6.07, 6.45) is 2.62. The first kappa shape index (κ1) is 13.7. The molecule has 0 aliphatic rings. The van der Waals surface area contributed by atoms with E-state index in [-0.39, 0.29) is 11.5 Å². The Balaban J connectivity index is 2.28. The summed E-state index contributed by atoms with van der Waals surface area (Å²) in [6.45, 7) is 3.54. The van der Waals surface area contributed by atoms with Gasteiger partial charge >= 0.3 is 5.97 Å². The Morgan fingerprint density at radius 3 is 2.55 bits per heavy atom. The minimum atomic E-state index is -1.10. The summed E-state index contributed by atoms with van der Waals surface area (Å²) in [6, 6.07) is 1.36. The van der Waals surface area contributed by atoms with Crippen molar-refractivity contribution < 1.29 is 14.7 Å². The van der Waals surface area contributed by atoms with E-state index >= 15 is 0 Å². The number of carboxylic acids is 1. The lowest BCUT2D eigenvalue weighted by Crippen LogP contribution is -2.14. The largest absolute Gasteiger partial charge is 0.478 e. The van der Waals surface area contributed by atoms with Crippen LogP contribution in [0.15, 0.2) is 18.5 Å². The second-order valence-corrected chi connectivity index (χ2v) is 4.39. The van der Waals surface area contributed by atoms with Gasteiger partial charge in [-0.15, -0.1) is 0 Å². The molecule has 0 fully saturated rings. The molecule has 0 unspecified atom stereocenters. The van der Waals surface area contributed by atoms with Gasteiger partial charge in [-0.2, -0.15) is 5.10 Å². The van der Waals surface area contributed by atoms with Crippen molar-refractivity contribution in [2.24, 2.45) is 7.05 Å². The molecule has 0 aromatic carbocycles. The molecule has 0 spiro atoms. The van der Waals surface area contributed by atoms with E-state index in [0.29, 0.717) is 16.9 Å². The average Bonchev–Trinajstić information content (AvgIpc) is 2.63. The van der Waals surface area contributed by atoms with Gasteiger partial charge in [0.2, 0.25) is 0 Å². The van der Waals surface area contributed by atoms with Gasteiger partial charge in [0, 0.05) is 18.9 Å². The van der Waals surface area contributed by atoms with Crippen molar-refractivity contribution in [2.45, 2.75) is 13.8 Å². The fourth-order valence-corrected chi connectivity index (χ4v) is 1.92. The van der Waals surface area contributed by atoms with Gasteiger partial charge in [-0.05, 0) is 19.9 Å². The molecule has 0 bridgehead atoms. The molecule has 20 heavy (non-hydrogen) atoms. The molecule has 1 amide bonds. The van der Waals surface area contributed by atoms with Crippen LogP contribution in [0.1, 0.15) is 32.1 Å². The molecule has 2 heterocycles. The molecule has 7 heteroatoms. The van der Waals surface area contributed by atoms with Crippen molar-refractivity contribution in [3.05, 3.63) is 41.0 Å². The van der Waals surface area contributed by atoms with Crippen LogP contribution in [0.25, 0.3) is 0 Å². The smallest absolute Gasteiger partial charge is 0.337 e. The molecule has 2 N–H and O–H groups in total. The maximum Gasteiger partial charge on any atom is 0.337 e. The van der Waals surface area contributed by atoms with Crippen molar-refractivity contribution in [1.82, 2.24) is 14.8 Å². The second-order valence-electron chi connectivity index (χ2n) is 4.39. The highest BCUT2D eigenvalue weighted by molar-refractivity contribution is 6.06. The Hall–Kier alpha value is -2.70. The van der Waals surface area contributed by atoms with E-state index in [0.717, 1.165) is 5.69 Å². The number of amides is 1. The number of carbonyl (C=O) groups excluding carboxylic acids is 1. The van der Waals surface area contributed by atoms with Crippen LogP contribution >= 0.6 is 0 Å². The number of aromatic nitrogens is 3. The average molecular weight is 274 g/mol. The van der Waals surface area contributed by atoms with Gasteiger partial charge in [0.1, 0.15) is 0 Å². The monoisotopic (exact) mass is 274 g/mol. The number of nitrogens with zero attached hydrogens (tertiary/aromatic N) is 3. The summed E-state index contributed by atoms with van der Waals surface area (Å²) in [4.78, 5) is 26.9. The van der Waals surface area contributed by atoms with Crippen LogP contribution in [0.4, 0.5) is 5.69 Å². The van der Waals surface area contributed by atoms with Crippen molar-refractivity contribution in [2.75, 3.05) is 5.32 Å². The van der Waals surface area contributed by atoms with Gasteiger partial charge in [0.25, 0.3) is 5.91 Å². The van der Waals surface area contributed by atoms with Crippen molar-refractivity contribution in [3.8, 4) is 0 Å². The second kappa shape index (κ2) is 5.12. The van der Waals surface area contributed by atoms with Gasteiger partial charge in [0.15, 0.2) is 0 Å². The number of hydrogen-bond donors (Lipinski definition) is 2. The molecule has 2 rings (SSSR count). The molecule has 2 aromatic heterocycles. The van der Waals surface area contributed by atoms with Gasteiger partial charge < -0.3 is 10.4 Å². The number of hydrogen-bond acceptors (Lipinski definition) is 4. The van der Waals surface area contributed by atoms with E-state index in [1.807, 2.05) is 0 Å². The first-order chi connectivity index (χ1) is 9.40. The zero-order valence-electron chi connectivity index (χ0n) is 11.3. The molecule has 0 atom stereocenters. The van der Waals surface area contributed by atoms with E-state index in [2.05, 4.69) is 15.4 Å². The molecular weight excluding hydrogens is 260 g/mol. The minimum absolute atomic E-state index is 0.0161. The Bertz CT molecular complexity index is 691. The maximum atomic E-state index is 12.2. The van der Waals surface area contributed by atoms with Crippen LogP contribution < -0.4 is 5.32 Å². The molecule has 0 radical (unpaired) electrons. The van der Waals surface area contributed by atoms with Crippen LogP contribution in [0.5, 0.6) is 0 Å². The summed E-state index contributed by atoms with van der Waals surface area (Å²) in [5.41, 5.74) is 2.18. The highest BCUT2D eigenvalue weighted by Gasteiger charge is 2.17. The fraction of sp³-hybridized carbons (Fsp3) is 0.231. The van der Waals surface area contributed by atoms with Crippen LogP contribution in [0.3, 0.4) is 0 Å². The molecular formula is C13H14N4O3. The molecule has 0 aliphatic carbocycles. The number of nitrogens with one attached hydrogen (secondary N) is 1. The van der Waals surface area contributed by atoms with Crippen LogP contribution in [0, 0.1) is 13.8 Å². The summed E-state index contributed by atoms with van der Waals surface area (Å²) >= 11 is 0. The Kier molecular flexibility index (Phi) is 3.51. The van der Waals surface area contributed by atoms with Crippen LogP contribution in [-0.2, 0) is 7.05 Å². The van der Waals surface area contributed by atoms with E-state index in [4.69, 9.17) is 5.11 Å². The fourth-order valence-electron chi connectivity index (χ4n) is 1.92. The highest BCUT2D eigenvalue weighted by atomic mass is 16.4. The van der Waals surface area contributed by atoms with E-state index in [1.165, 1.54) is 18.5 Å². The summed E-state index contributed by atoms with van der Waals surface area (Å²) in [5, 5.41) is 15.7. The Labute approximate surface area is 115 Å². The number of rotatable bonds is 3. The minimum Gasteiger partial charge on any atom is -0.478 e. The topological polar surface area (TPSA) is 97.1 Å². The number of carbonyl (C=O) groups is 2. The molecule has 2 aromatic rings. The summed E-state index contributed by atoms with van der Waals surface area (Å²) in [7, 11) is 1.76. The molecule has 7 nitrogen and oxygen atoms in total. The van der Waals surface area contributed by atoms with Crippen molar-refractivity contribution in [3.63, 3.8) is 0 Å². The third-order valence-corrected chi connectivity index (χ3v) is 2.98. The predicted octanol–water partition coefficient (Wildman–Crippen LogP) is 1.38. The molecule has 0 saturated heterocycles. The lowest BCUT2D eigenvalue weighted by atomic mass is 10.2. The van der Waals surface area contributed by atoms with Crippen molar-refractivity contribution >= 4 is 17.6 Å². The normalized spacial score (nSPS) is 10.3. The number of aryl methyl sites for hydroxylation is 2. The number of pyridine rings is 1. The van der Waals surface area contributed by atoms with Gasteiger partial charge in [-0.3, -0.25) is 14.5 Å². The number of carboxylic acid groups (broad SMARTS) is 1.